The number of nitrogens with zero attached hydrogens (tertiary/aromatic N) is 3. The summed E-state index contributed by atoms with van der Waals surface area (Å²) in [6, 6.07) is 6.62. The number of amides is 3. The van der Waals surface area contributed by atoms with Crippen molar-refractivity contribution in [1.82, 2.24) is 14.8 Å². The van der Waals surface area contributed by atoms with Crippen LogP contribution < -0.4 is 0 Å². The number of hydrogen-bond acceptors (Lipinski definition) is 5. The molecule has 1 fully saturated rings. The average molecular weight is 341 g/mol. The molecular weight excluding hydrogens is 326 g/mol. The molecule has 3 heterocycles. The molecule has 2 aliphatic rings. The SMILES string of the molecule is O=C1c2ccccc2C(=O)N1CC(=O)N1CCCC1c1nccs1. The normalized spacial score (nSPS) is 19.9. The van der Waals surface area contributed by atoms with Crippen molar-refractivity contribution in [1.29, 1.82) is 0 Å². The Morgan fingerprint density at radius 3 is 2.54 bits per heavy atom. The maximum absolute atomic E-state index is 12.7. The predicted molar refractivity (Wildman–Crippen MR) is 87.6 cm³/mol. The second kappa shape index (κ2) is 5.83. The fourth-order valence-electron chi connectivity index (χ4n) is 3.33. The van der Waals surface area contributed by atoms with Gasteiger partial charge in [-0.25, -0.2) is 4.98 Å². The summed E-state index contributed by atoms with van der Waals surface area (Å²) in [5.41, 5.74) is 0.737. The Kier molecular flexibility index (Phi) is 3.65. The van der Waals surface area contributed by atoms with Crippen LogP contribution in [0, 0.1) is 0 Å². The number of imide groups is 1. The van der Waals surface area contributed by atoms with Gasteiger partial charge in [0, 0.05) is 18.1 Å². The van der Waals surface area contributed by atoms with Gasteiger partial charge in [0.1, 0.15) is 11.6 Å². The number of carbonyl (C=O) groups excluding carboxylic acids is 3. The number of benzene rings is 1. The largest absolute Gasteiger partial charge is 0.332 e. The lowest BCUT2D eigenvalue weighted by atomic mass is 10.1. The minimum atomic E-state index is -0.394. The highest BCUT2D eigenvalue weighted by atomic mass is 32.1. The molecule has 2 aliphatic heterocycles. The Morgan fingerprint density at radius 1 is 1.21 bits per heavy atom. The maximum Gasteiger partial charge on any atom is 0.262 e. The summed E-state index contributed by atoms with van der Waals surface area (Å²) >= 11 is 1.52. The summed E-state index contributed by atoms with van der Waals surface area (Å²) in [6.45, 7) is 0.417. The van der Waals surface area contributed by atoms with Crippen LogP contribution in [-0.4, -0.2) is 45.6 Å². The Bertz CT molecular complexity index is 783. The average Bonchev–Trinajstić information content (AvgIpc) is 3.31. The predicted octanol–water partition coefficient (Wildman–Crippen LogP) is 2.10. The molecule has 7 heteroatoms. The summed E-state index contributed by atoms with van der Waals surface area (Å²) in [7, 11) is 0. The number of rotatable bonds is 3. The summed E-state index contributed by atoms with van der Waals surface area (Å²) in [5, 5.41) is 2.80. The molecule has 2 aromatic rings. The zero-order valence-electron chi connectivity index (χ0n) is 12.8. The van der Waals surface area contributed by atoms with Gasteiger partial charge in [-0.2, -0.15) is 0 Å². The molecule has 1 atom stereocenters. The fraction of sp³-hybridized carbons (Fsp3) is 0.294. The topological polar surface area (TPSA) is 70.6 Å². The Labute approximate surface area is 142 Å². The lowest BCUT2D eigenvalue weighted by Crippen LogP contribution is -2.42. The van der Waals surface area contributed by atoms with Crippen LogP contribution in [-0.2, 0) is 4.79 Å². The zero-order chi connectivity index (χ0) is 16.7. The first-order chi connectivity index (χ1) is 11.7. The molecule has 1 unspecified atom stereocenters. The van der Waals surface area contributed by atoms with Gasteiger partial charge in [0.25, 0.3) is 11.8 Å². The Morgan fingerprint density at radius 2 is 1.92 bits per heavy atom. The first kappa shape index (κ1) is 15.0. The molecule has 1 aromatic heterocycles. The molecule has 0 aliphatic carbocycles. The lowest BCUT2D eigenvalue weighted by Gasteiger charge is -2.25. The molecule has 6 nitrogen and oxygen atoms in total. The van der Waals surface area contributed by atoms with Crippen LogP contribution >= 0.6 is 11.3 Å². The summed E-state index contributed by atoms with van der Waals surface area (Å²) < 4.78 is 0. The van der Waals surface area contributed by atoms with E-state index in [2.05, 4.69) is 4.98 Å². The fourth-order valence-corrected chi connectivity index (χ4v) is 4.11. The van der Waals surface area contributed by atoms with Crippen molar-refractivity contribution < 1.29 is 14.4 Å². The molecule has 1 saturated heterocycles. The van der Waals surface area contributed by atoms with Crippen LogP contribution in [0.25, 0.3) is 0 Å². The van der Waals surface area contributed by atoms with E-state index >= 15 is 0 Å². The third kappa shape index (κ3) is 2.32. The van der Waals surface area contributed by atoms with Crippen molar-refractivity contribution in [3.05, 3.63) is 52.0 Å². The third-order valence-corrected chi connectivity index (χ3v) is 5.36. The van der Waals surface area contributed by atoms with Gasteiger partial charge in [-0.05, 0) is 25.0 Å². The van der Waals surface area contributed by atoms with Crippen molar-refractivity contribution >= 4 is 29.1 Å². The first-order valence-corrected chi connectivity index (χ1v) is 8.69. The van der Waals surface area contributed by atoms with Crippen molar-refractivity contribution in [2.24, 2.45) is 0 Å². The van der Waals surface area contributed by atoms with Gasteiger partial charge >= 0.3 is 0 Å². The second-order valence-corrected chi connectivity index (χ2v) is 6.78. The van der Waals surface area contributed by atoms with E-state index < -0.39 is 11.8 Å². The molecule has 0 radical (unpaired) electrons. The molecule has 24 heavy (non-hydrogen) atoms. The van der Waals surface area contributed by atoms with E-state index in [0.717, 1.165) is 22.7 Å². The smallest absolute Gasteiger partial charge is 0.262 e. The summed E-state index contributed by atoms with van der Waals surface area (Å²) in [6.07, 6.45) is 3.49. The standard InChI is InChI=1S/C17H15N3O3S/c21-14(19-8-3-6-13(19)15-18-7-9-24-15)10-20-16(22)11-4-1-2-5-12(11)17(20)23/h1-2,4-5,7,9,13H,3,6,8,10H2. The summed E-state index contributed by atoms with van der Waals surface area (Å²) in [5.74, 6) is -0.995. The molecular formula is C17H15N3O3S. The maximum atomic E-state index is 12.7. The molecule has 0 N–H and O–H groups in total. The van der Waals surface area contributed by atoms with E-state index in [-0.39, 0.29) is 18.5 Å². The molecule has 122 valence electrons. The second-order valence-electron chi connectivity index (χ2n) is 5.86. The van der Waals surface area contributed by atoms with Crippen LogP contribution in [0.3, 0.4) is 0 Å². The zero-order valence-corrected chi connectivity index (χ0v) is 13.7. The van der Waals surface area contributed by atoms with Crippen molar-refractivity contribution in [2.45, 2.75) is 18.9 Å². The van der Waals surface area contributed by atoms with Gasteiger partial charge in [0.05, 0.1) is 17.2 Å². The molecule has 1 aromatic carbocycles. The van der Waals surface area contributed by atoms with E-state index in [1.165, 1.54) is 11.3 Å². The Balaban J connectivity index is 1.53. The van der Waals surface area contributed by atoms with E-state index in [1.807, 2.05) is 5.38 Å². The van der Waals surface area contributed by atoms with Gasteiger partial charge in [-0.3, -0.25) is 19.3 Å². The quantitative estimate of drug-likeness (QED) is 0.802. The van der Waals surface area contributed by atoms with Crippen molar-refractivity contribution in [3.8, 4) is 0 Å². The Hall–Kier alpha value is -2.54. The number of thiazole rings is 1. The number of hydrogen-bond donors (Lipinski definition) is 0. The lowest BCUT2D eigenvalue weighted by molar-refractivity contribution is -0.132. The van der Waals surface area contributed by atoms with Crippen molar-refractivity contribution in [3.63, 3.8) is 0 Å². The van der Waals surface area contributed by atoms with Gasteiger partial charge in [0.2, 0.25) is 5.91 Å². The van der Waals surface area contributed by atoms with Gasteiger partial charge in [-0.15, -0.1) is 11.3 Å². The molecule has 3 amide bonds. The highest BCUT2D eigenvalue weighted by Gasteiger charge is 2.39. The number of aromatic nitrogens is 1. The highest BCUT2D eigenvalue weighted by molar-refractivity contribution is 7.09. The molecule has 0 spiro atoms. The molecule has 0 bridgehead atoms. The van der Waals surface area contributed by atoms with E-state index in [1.54, 1.807) is 35.4 Å². The van der Waals surface area contributed by atoms with Gasteiger partial charge in [-0.1, -0.05) is 12.1 Å². The van der Waals surface area contributed by atoms with Crippen LogP contribution in [0.15, 0.2) is 35.8 Å². The van der Waals surface area contributed by atoms with E-state index in [4.69, 9.17) is 0 Å². The molecule has 0 saturated carbocycles. The van der Waals surface area contributed by atoms with Crippen LogP contribution in [0.5, 0.6) is 0 Å². The van der Waals surface area contributed by atoms with Crippen LogP contribution in [0.2, 0.25) is 0 Å². The summed E-state index contributed by atoms with van der Waals surface area (Å²) in [4.78, 5) is 44.6. The van der Waals surface area contributed by atoms with Gasteiger partial charge in [0.15, 0.2) is 0 Å². The van der Waals surface area contributed by atoms with Crippen molar-refractivity contribution in [2.75, 3.05) is 13.1 Å². The minimum absolute atomic E-state index is 0.0484. The van der Waals surface area contributed by atoms with E-state index in [9.17, 15) is 14.4 Å². The number of likely N-dealkylation sites (tertiary alicyclic amines) is 1. The third-order valence-electron chi connectivity index (χ3n) is 4.48. The minimum Gasteiger partial charge on any atom is -0.332 e. The van der Waals surface area contributed by atoms with Crippen LogP contribution in [0.1, 0.15) is 44.6 Å². The highest BCUT2D eigenvalue weighted by Crippen LogP contribution is 2.33. The van der Waals surface area contributed by atoms with Gasteiger partial charge < -0.3 is 4.90 Å². The van der Waals surface area contributed by atoms with E-state index in [0.29, 0.717) is 17.7 Å². The first-order valence-electron chi connectivity index (χ1n) is 7.81. The molecule has 4 rings (SSSR count). The number of carbonyl (C=O) groups is 3. The van der Waals surface area contributed by atoms with Crippen LogP contribution in [0.4, 0.5) is 0 Å². The monoisotopic (exact) mass is 341 g/mol. The number of fused-ring (bicyclic) bond motifs is 1.